The summed E-state index contributed by atoms with van der Waals surface area (Å²) in [5.74, 6) is -0.185. The second-order valence-corrected chi connectivity index (χ2v) is 5.29. The Morgan fingerprint density at radius 1 is 1.44 bits per heavy atom. The quantitative estimate of drug-likeness (QED) is 0.846. The molecule has 0 aliphatic heterocycles. The van der Waals surface area contributed by atoms with E-state index in [1.165, 1.54) is 18.2 Å². The third-order valence-corrected chi connectivity index (χ3v) is 3.98. The molecule has 0 aromatic heterocycles. The van der Waals surface area contributed by atoms with E-state index in [1.807, 2.05) is 0 Å². The Kier molecular flexibility index (Phi) is 4.46. The summed E-state index contributed by atoms with van der Waals surface area (Å²) in [4.78, 5) is 12.0. The Labute approximate surface area is 115 Å². The van der Waals surface area contributed by atoms with Crippen molar-refractivity contribution in [3.63, 3.8) is 0 Å². The van der Waals surface area contributed by atoms with E-state index in [0.717, 1.165) is 19.3 Å². The molecular formula is C13H14Cl2FNO. The summed E-state index contributed by atoms with van der Waals surface area (Å²) in [6, 6.07) is 4.00. The highest BCUT2D eigenvalue weighted by molar-refractivity contribution is 6.31. The summed E-state index contributed by atoms with van der Waals surface area (Å²) in [7, 11) is 0. The molecule has 0 radical (unpaired) electrons. The first-order valence-electron chi connectivity index (χ1n) is 5.93. The number of amides is 1. The summed E-state index contributed by atoms with van der Waals surface area (Å²) in [5.41, 5.74) is -0.0114. The zero-order chi connectivity index (χ0) is 13.1. The van der Waals surface area contributed by atoms with Crippen molar-refractivity contribution in [1.29, 1.82) is 0 Å². The summed E-state index contributed by atoms with van der Waals surface area (Å²) in [6.07, 6.45) is 2.94. The Morgan fingerprint density at radius 2 is 2.22 bits per heavy atom. The molecule has 1 aliphatic carbocycles. The van der Waals surface area contributed by atoms with Crippen LogP contribution in [0.3, 0.4) is 0 Å². The SMILES string of the molecule is O=C(NC1CCCC1CCl)c1cc(Cl)ccc1F. The predicted molar refractivity (Wildman–Crippen MR) is 70.7 cm³/mol. The number of hydrogen-bond acceptors (Lipinski definition) is 1. The van der Waals surface area contributed by atoms with Gasteiger partial charge in [0.2, 0.25) is 0 Å². The number of alkyl halides is 1. The molecule has 1 fully saturated rings. The van der Waals surface area contributed by atoms with E-state index < -0.39 is 11.7 Å². The first-order chi connectivity index (χ1) is 8.61. The molecular weight excluding hydrogens is 276 g/mol. The van der Waals surface area contributed by atoms with Crippen LogP contribution >= 0.6 is 23.2 Å². The summed E-state index contributed by atoms with van der Waals surface area (Å²) in [5, 5.41) is 3.19. The van der Waals surface area contributed by atoms with E-state index >= 15 is 0 Å². The van der Waals surface area contributed by atoms with Gasteiger partial charge in [-0.05, 0) is 37.0 Å². The number of rotatable bonds is 3. The van der Waals surface area contributed by atoms with Crippen molar-refractivity contribution in [3.05, 3.63) is 34.6 Å². The van der Waals surface area contributed by atoms with Crippen LogP contribution in [0.25, 0.3) is 0 Å². The van der Waals surface area contributed by atoms with Crippen molar-refractivity contribution >= 4 is 29.1 Å². The van der Waals surface area contributed by atoms with Crippen LogP contribution in [0.4, 0.5) is 4.39 Å². The Morgan fingerprint density at radius 3 is 2.94 bits per heavy atom. The Bertz CT molecular complexity index is 453. The average Bonchev–Trinajstić information content (AvgIpc) is 2.79. The maximum Gasteiger partial charge on any atom is 0.254 e. The minimum Gasteiger partial charge on any atom is -0.349 e. The van der Waals surface area contributed by atoms with Crippen LogP contribution in [-0.4, -0.2) is 17.8 Å². The van der Waals surface area contributed by atoms with E-state index in [2.05, 4.69) is 5.32 Å². The van der Waals surface area contributed by atoms with E-state index in [-0.39, 0.29) is 17.5 Å². The fourth-order valence-electron chi connectivity index (χ4n) is 2.33. The van der Waals surface area contributed by atoms with Gasteiger partial charge in [-0.2, -0.15) is 0 Å². The zero-order valence-corrected chi connectivity index (χ0v) is 11.3. The van der Waals surface area contributed by atoms with Gasteiger partial charge < -0.3 is 5.32 Å². The lowest BCUT2D eigenvalue weighted by atomic mass is 10.1. The lowest BCUT2D eigenvalue weighted by molar-refractivity contribution is 0.0926. The van der Waals surface area contributed by atoms with E-state index in [1.54, 1.807) is 0 Å². The van der Waals surface area contributed by atoms with Crippen molar-refractivity contribution in [2.45, 2.75) is 25.3 Å². The normalized spacial score (nSPS) is 23.1. The van der Waals surface area contributed by atoms with Gasteiger partial charge in [0.25, 0.3) is 5.91 Å². The highest BCUT2D eigenvalue weighted by Gasteiger charge is 2.28. The van der Waals surface area contributed by atoms with Gasteiger partial charge in [-0.15, -0.1) is 11.6 Å². The van der Waals surface area contributed by atoms with Crippen LogP contribution in [0.15, 0.2) is 18.2 Å². The molecule has 1 saturated carbocycles. The van der Waals surface area contributed by atoms with Gasteiger partial charge >= 0.3 is 0 Å². The van der Waals surface area contributed by atoms with Crippen LogP contribution in [0.5, 0.6) is 0 Å². The predicted octanol–water partition coefficient (Wildman–Crippen LogP) is 3.62. The van der Waals surface area contributed by atoms with Crippen LogP contribution in [0.1, 0.15) is 29.6 Å². The van der Waals surface area contributed by atoms with Crippen LogP contribution in [-0.2, 0) is 0 Å². The zero-order valence-electron chi connectivity index (χ0n) is 9.76. The number of nitrogens with one attached hydrogen (secondary N) is 1. The van der Waals surface area contributed by atoms with Gasteiger partial charge in [-0.3, -0.25) is 4.79 Å². The van der Waals surface area contributed by atoms with Gasteiger partial charge in [0.05, 0.1) is 5.56 Å². The molecule has 1 aromatic rings. The molecule has 0 heterocycles. The molecule has 1 amide bonds. The molecule has 18 heavy (non-hydrogen) atoms. The second-order valence-electron chi connectivity index (χ2n) is 4.55. The van der Waals surface area contributed by atoms with Crippen LogP contribution < -0.4 is 5.32 Å². The number of benzene rings is 1. The molecule has 2 rings (SSSR count). The first-order valence-corrected chi connectivity index (χ1v) is 6.85. The highest BCUT2D eigenvalue weighted by atomic mass is 35.5. The van der Waals surface area contributed by atoms with Crippen molar-refractivity contribution in [1.82, 2.24) is 5.32 Å². The van der Waals surface area contributed by atoms with Gasteiger partial charge in [0.1, 0.15) is 5.82 Å². The number of carbonyl (C=O) groups excluding carboxylic acids is 1. The molecule has 1 aliphatic rings. The lowest BCUT2D eigenvalue weighted by Gasteiger charge is -2.19. The highest BCUT2D eigenvalue weighted by Crippen LogP contribution is 2.27. The fraction of sp³-hybridized carbons (Fsp3) is 0.462. The largest absolute Gasteiger partial charge is 0.349 e. The van der Waals surface area contributed by atoms with Crippen LogP contribution in [0.2, 0.25) is 5.02 Å². The summed E-state index contributed by atoms with van der Waals surface area (Å²) < 4.78 is 13.5. The van der Waals surface area contributed by atoms with Gasteiger partial charge in [-0.25, -0.2) is 4.39 Å². The standard InChI is InChI=1S/C13H14Cl2FNO/c14-7-8-2-1-3-12(8)17-13(18)10-6-9(15)4-5-11(10)16/h4-6,8,12H,1-3,7H2,(H,17,18). The molecule has 0 saturated heterocycles. The van der Waals surface area contributed by atoms with Crippen molar-refractivity contribution < 1.29 is 9.18 Å². The molecule has 5 heteroatoms. The summed E-state index contributed by atoms with van der Waals surface area (Å²) in [6.45, 7) is 0. The smallest absolute Gasteiger partial charge is 0.254 e. The van der Waals surface area contributed by atoms with Crippen molar-refractivity contribution in [2.24, 2.45) is 5.92 Å². The third-order valence-electron chi connectivity index (χ3n) is 3.35. The number of carbonyl (C=O) groups is 1. The van der Waals surface area contributed by atoms with Gasteiger partial charge in [-0.1, -0.05) is 18.0 Å². The van der Waals surface area contributed by atoms with Gasteiger partial charge in [0, 0.05) is 16.9 Å². The van der Waals surface area contributed by atoms with Crippen molar-refractivity contribution in [3.8, 4) is 0 Å². The van der Waals surface area contributed by atoms with E-state index in [0.29, 0.717) is 10.9 Å². The van der Waals surface area contributed by atoms with E-state index in [9.17, 15) is 9.18 Å². The first kappa shape index (κ1) is 13.6. The molecule has 2 nitrogen and oxygen atoms in total. The maximum atomic E-state index is 13.5. The monoisotopic (exact) mass is 289 g/mol. The second kappa shape index (κ2) is 5.89. The minimum absolute atomic E-state index is 0.0114. The molecule has 2 atom stereocenters. The Hall–Kier alpha value is -0.800. The molecule has 0 bridgehead atoms. The summed E-state index contributed by atoms with van der Waals surface area (Å²) >= 11 is 11.6. The van der Waals surface area contributed by atoms with Crippen molar-refractivity contribution in [2.75, 3.05) is 5.88 Å². The average molecular weight is 290 g/mol. The van der Waals surface area contributed by atoms with E-state index in [4.69, 9.17) is 23.2 Å². The molecule has 98 valence electrons. The molecule has 1 aromatic carbocycles. The third kappa shape index (κ3) is 2.96. The minimum atomic E-state index is -0.558. The Balaban J connectivity index is 2.09. The maximum absolute atomic E-state index is 13.5. The van der Waals surface area contributed by atoms with Gasteiger partial charge in [0.15, 0.2) is 0 Å². The lowest BCUT2D eigenvalue weighted by Crippen LogP contribution is -2.38. The number of halogens is 3. The molecule has 2 unspecified atom stereocenters. The fourth-order valence-corrected chi connectivity index (χ4v) is 2.87. The molecule has 1 N–H and O–H groups in total. The molecule has 0 spiro atoms. The number of hydrogen-bond donors (Lipinski definition) is 1. The topological polar surface area (TPSA) is 29.1 Å². The van der Waals surface area contributed by atoms with Crippen LogP contribution in [0, 0.1) is 11.7 Å².